The fourth-order valence-electron chi connectivity index (χ4n) is 9.17. The molecule has 0 aliphatic carbocycles. The Morgan fingerprint density at radius 2 is 0.750 bits per heavy atom. The van der Waals surface area contributed by atoms with Gasteiger partial charge in [0.25, 0.3) is 0 Å². The molecular weight excluding hydrogens is 761 g/mol. The third kappa shape index (κ3) is 14.9. The summed E-state index contributed by atoms with van der Waals surface area (Å²) in [5.74, 6) is 0.929. The molecule has 3 heterocycles. The van der Waals surface area contributed by atoms with E-state index >= 15 is 0 Å². The lowest BCUT2D eigenvalue weighted by Gasteiger charge is -2.41. The minimum absolute atomic E-state index is 0.0106. The molecule has 8 atom stereocenters. The molecule has 0 spiro atoms. The standard InChI is InChI=1S/C50H80O2S4/c1-9-21-41-45(33-47-43(54-47)25-19-15-11-13-17-23-35-27-29-37(39(51)31-35)49(3,4)5)56-46(42(53-41)22-10-2)34-48-44(55-48)26-20-16-12-14-18-24-36-28-30-38(40(52)32-36)50(6,7)8/h27-32,41-48,51-52H,9-26,33-34H2,1-8H3. The van der Waals surface area contributed by atoms with Gasteiger partial charge < -0.3 is 10.2 Å². The number of unbranched alkanes of at least 4 members (excludes halogenated alkanes) is 8. The van der Waals surface area contributed by atoms with Crippen LogP contribution in [0.2, 0.25) is 0 Å². The lowest BCUT2D eigenvalue weighted by Crippen LogP contribution is -2.38. The maximum absolute atomic E-state index is 10.5. The summed E-state index contributed by atoms with van der Waals surface area (Å²) in [6.45, 7) is 17.8. The van der Waals surface area contributed by atoms with Crippen LogP contribution in [-0.2, 0) is 23.7 Å². The first-order valence-electron chi connectivity index (χ1n) is 23.0. The molecular formula is C50H80O2S4. The summed E-state index contributed by atoms with van der Waals surface area (Å²) in [6, 6.07) is 12.7. The van der Waals surface area contributed by atoms with Crippen LogP contribution in [0.4, 0.5) is 0 Å². The molecule has 2 aromatic carbocycles. The molecule has 56 heavy (non-hydrogen) atoms. The van der Waals surface area contributed by atoms with E-state index in [9.17, 15) is 10.2 Å². The number of phenols is 2. The molecule has 0 amide bonds. The zero-order chi connectivity index (χ0) is 40.3. The van der Waals surface area contributed by atoms with E-state index < -0.39 is 0 Å². The van der Waals surface area contributed by atoms with Crippen LogP contribution in [0.1, 0.15) is 193 Å². The van der Waals surface area contributed by atoms with Gasteiger partial charge in [0.05, 0.1) is 0 Å². The van der Waals surface area contributed by atoms with Gasteiger partial charge in [-0.2, -0.15) is 47.0 Å². The minimum atomic E-state index is -0.0106. The molecule has 3 aliphatic rings. The first-order valence-corrected chi connectivity index (χ1v) is 26.8. The van der Waals surface area contributed by atoms with Crippen molar-refractivity contribution in [2.24, 2.45) is 0 Å². The normalized spacial score (nSPS) is 26.4. The first-order chi connectivity index (χ1) is 26.8. The van der Waals surface area contributed by atoms with Crippen LogP contribution < -0.4 is 0 Å². The van der Waals surface area contributed by atoms with Crippen molar-refractivity contribution in [2.75, 3.05) is 0 Å². The molecule has 3 saturated heterocycles. The van der Waals surface area contributed by atoms with Crippen LogP contribution in [0.5, 0.6) is 11.5 Å². The summed E-state index contributed by atoms with van der Waals surface area (Å²) in [5, 5.41) is 28.1. The Kier molecular flexibility index (Phi) is 18.5. The molecule has 5 rings (SSSR count). The van der Waals surface area contributed by atoms with Gasteiger partial charge in [0, 0.05) is 42.0 Å². The summed E-state index contributed by atoms with van der Waals surface area (Å²) in [5.41, 5.74) is 4.64. The Balaban J connectivity index is 0.945. The van der Waals surface area contributed by atoms with Gasteiger partial charge in [-0.3, -0.25) is 0 Å². The number of aryl methyl sites for hydroxylation is 2. The Bertz CT molecular complexity index is 1350. The zero-order valence-electron chi connectivity index (χ0n) is 36.8. The van der Waals surface area contributed by atoms with Crippen molar-refractivity contribution in [3.63, 3.8) is 0 Å². The SMILES string of the molecule is CCCC1SC(CCC)C(CC2SC2CCCCCCCc2ccc(C(C)(C)C)c(O)c2)SC1CC1SC1CCCCCCCc1ccc(C(C)(C)C)c(O)c1. The first kappa shape index (κ1) is 46.5. The van der Waals surface area contributed by atoms with E-state index in [0.29, 0.717) is 11.5 Å². The lowest BCUT2D eigenvalue weighted by atomic mass is 9.85. The largest absolute Gasteiger partial charge is 0.508 e. The number of aromatic hydroxyl groups is 2. The van der Waals surface area contributed by atoms with Crippen LogP contribution in [-0.4, -0.2) is 52.2 Å². The molecule has 2 aromatic rings. The molecule has 2 N–H and O–H groups in total. The topological polar surface area (TPSA) is 40.5 Å². The molecule has 3 aliphatic heterocycles. The zero-order valence-corrected chi connectivity index (χ0v) is 40.0. The maximum atomic E-state index is 10.5. The molecule has 0 saturated carbocycles. The smallest absolute Gasteiger partial charge is 0.119 e. The van der Waals surface area contributed by atoms with E-state index in [1.165, 1.54) is 127 Å². The predicted octanol–water partition coefficient (Wildman–Crippen LogP) is 15.5. The Labute approximate surface area is 361 Å². The van der Waals surface area contributed by atoms with Crippen molar-refractivity contribution in [1.82, 2.24) is 0 Å². The third-order valence-corrected chi connectivity index (χ3v) is 19.5. The summed E-state index contributed by atoms with van der Waals surface area (Å²) in [7, 11) is 0. The fraction of sp³-hybridized carbons (Fsp3) is 0.760. The summed E-state index contributed by atoms with van der Waals surface area (Å²) < 4.78 is 0. The molecule has 316 valence electrons. The van der Waals surface area contributed by atoms with Crippen molar-refractivity contribution in [1.29, 1.82) is 0 Å². The van der Waals surface area contributed by atoms with Gasteiger partial charge in [-0.25, -0.2) is 0 Å². The number of thioether (sulfide) groups is 4. The summed E-state index contributed by atoms with van der Waals surface area (Å²) in [6.07, 6.45) is 26.7. The van der Waals surface area contributed by atoms with Gasteiger partial charge in [0.15, 0.2) is 0 Å². The Hall–Kier alpha value is -0.560. The monoisotopic (exact) mass is 841 g/mol. The van der Waals surface area contributed by atoms with Crippen LogP contribution in [0, 0.1) is 0 Å². The fourth-order valence-corrected chi connectivity index (χ4v) is 16.1. The second kappa shape index (κ2) is 22.3. The number of hydrogen-bond acceptors (Lipinski definition) is 6. The second-order valence-corrected chi connectivity index (χ2v) is 25.6. The number of benzene rings is 2. The molecule has 0 radical (unpaired) electrons. The van der Waals surface area contributed by atoms with Crippen LogP contribution in [0.25, 0.3) is 0 Å². The van der Waals surface area contributed by atoms with Crippen molar-refractivity contribution in [3.05, 3.63) is 58.7 Å². The van der Waals surface area contributed by atoms with Gasteiger partial charge in [-0.15, -0.1) is 0 Å². The molecule has 0 bridgehead atoms. The van der Waals surface area contributed by atoms with Crippen molar-refractivity contribution < 1.29 is 10.2 Å². The number of rotatable bonds is 24. The van der Waals surface area contributed by atoms with E-state index in [1.807, 2.05) is 12.1 Å². The maximum Gasteiger partial charge on any atom is 0.119 e. The Morgan fingerprint density at radius 3 is 1.11 bits per heavy atom. The van der Waals surface area contributed by atoms with Gasteiger partial charge in [0.1, 0.15) is 11.5 Å². The summed E-state index contributed by atoms with van der Waals surface area (Å²) in [4.78, 5) is 0. The van der Waals surface area contributed by atoms with E-state index in [4.69, 9.17) is 0 Å². The van der Waals surface area contributed by atoms with Crippen LogP contribution in [0.15, 0.2) is 36.4 Å². The summed E-state index contributed by atoms with van der Waals surface area (Å²) >= 11 is 9.53. The molecule has 0 aromatic heterocycles. The number of phenolic OH excluding ortho intramolecular Hbond substituents is 2. The molecule has 3 fully saturated rings. The van der Waals surface area contributed by atoms with Gasteiger partial charge in [-0.1, -0.05) is 144 Å². The molecule has 6 heteroatoms. The minimum Gasteiger partial charge on any atom is -0.508 e. The van der Waals surface area contributed by atoms with Crippen molar-refractivity contribution >= 4 is 47.0 Å². The van der Waals surface area contributed by atoms with E-state index in [2.05, 4.69) is 127 Å². The highest BCUT2D eigenvalue weighted by Gasteiger charge is 2.47. The predicted molar refractivity (Wildman–Crippen MR) is 256 cm³/mol. The van der Waals surface area contributed by atoms with Gasteiger partial charge >= 0.3 is 0 Å². The van der Waals surface area contributed by atoms with E-state index in [0.717, 1.165) is 66.0 Å². The van der Waals surface area contributed by atoms with Crippen LogP contribution >= 0.6 is 47.0 Å². The van der Waals surface area contributed by atoms with Crippen LogP contribution in [0.3, 0.4) is 0 Å². The van der Waals surface area contributed by atoms with Crippen molar-refractivity contribution in [2.45, 2.75) is 237 Å². The molecule has 2 nitrogen and oxygen atoms in total. The molecule has 8 unspecified atom stereocenters. The number of hydrogen-bond donors (Lipinski definition) is 2. The van der Waals surface area contributed by atoms with Gasteiger partial charge in [-0.05, 0) is 109 Å². The van der Waals surface area contributed by atoms with E-state index in [-0.39, 0.29) is 10.8 Å². The van der Waals surface area contributed by atoms with Gasteiger partial charge in [0.2, 0.25) is 0 Å². The highest BCUT2D eigenvalue weighted by molar-refractivity contribution is 8.09. The quantitative estimate of drug-likeness (QED) is 0.0811. The van der Waals surface area contributed by atoms with E-state index in [1.54, 1.807) is 0 Å². The Morgan fingerprint density at radius 1 is 0.429 bits per heavy atom. The highest BCUT2D eigenvalue weighted by atomic mass is 32.2. The average molecular weight is 841 g/mol. The highest BCUT2D eigenvalue weighted by Crippen LogP contribution is 2.56. The lowest BCUT2D eigenvalue weighted by molar-refractivity contribution is 0.445. The second-order valence-electron chi connectivity index (χ2n) is 19.7. The third-order valence-electron chi connectivity index (χ3n) is 12.6. The average Bonchev–Trinajstić information content (AvgIpc) is 4.05. The van der Waals surface area contributed by atoms with Crippen molar-refractivity contribution in [3.8, 4) is 11.5 Å².